The monoisotopic (exact) mass is 322 g/mol. The second-order valence-electron chi connectivity index (χ2n) is 5.32. The lowest BCUT2D eigenvalue weighted by atomic mass is 10.0. The molecule has 0 unspecified atom stereocenters. The van der Waals surface area contributed by atoms with Gasteiger partial charge in [0.05, 0.1) is 0 Å². The highest BCUT2D eigenvalue weighted by Gasteiger charge is 2.25. The number of hydrogen-bond acceptors (Lipinski definition) is 3. The van der Waals surface area contributed by atoms with Gasteiger partial charge in [-0.2, -0.15) is 0 Å². The molecule has 0 radical (unpaired) electrons. The molecule has 1 atom stereocenters. The Bertz CT molecular complexity index is 623. The number of aliphatic carboxylic acids is 1. The van der Waals surface area contributed by atoms with E-state index >= 15 is 0 Å². The summed E-state index contributed by atoms with van der Waals surface area (Å²) in [6, 6.07) is 4.20. The number of benzene rings is 1. The highest BCUT2D eigenvalue weighted by Crippen LogP contribution is 2.09. The third-order valence-electron chi connectivity index (χ3n) is 2.96. The van der Waals surface area contributed by atoms with E-state index in [9.17, 15) is 18.8 Å². The summed E-state index contributed by atoms with van der Waals surface area (Å²) in [5.41, 5.74) is 0.373. The van der Waals surface area contributed by atoms with Crippen LogP contribution in [0.1, 0.15) is 26.3 Å². The molecule has 0 saturated carbocycles. The molecule has 124 valence electrons. The van der Waals surface area contributed by atoms with Gasteiger partial charge in [-0.1, -0.05) is 26.0 Å². The fourth-order valence-corrected chi connectivity index (χ4v) is 1.81. The molecule has 0 heterocycles. The topological polar surface area (TPSA) is 95.5 Å². The highest BCUT2D eigenvalue weighted by atomic mass is 19.1. The molecule has 0 bridgehead atoms. The number of amides is 2. The molecule has 1 rings (SSSR count). The lowest BCUT2D eigenvalue weighted by molar-refractivity contribution is -0.142. The van der Waals surface area contributed by atoms with E-state index in [0.717, 1.165) is 0 Å². The van der Waals surface area contributed by atoms with E-state index in [2.05, 4.69) is 10.6 Å². The van der Waals surface area contributed by atoms with Gasteiger partial charge in [0.15, 0.2) is 0 Å². The molecule has 0 aliphatic carbocycles. The van der Waals surface area contributed by atoms with Crippen LogP contribution in [-0.2, 0) is 14.4 Å². The quantitative estimate of drug-likeness (QED) is 0.692. The second kappa shape index (κ2) is 8.07. The van der Waals surface area contributed by atoms with Crippen molar-refractivity contribution in [3.8, 4) is 0 Å². The third kappa shape index (κ3) is 5.90. The predicted octanol–water partition coefficient (Wildman–Crippen LogP) is 1.53. The lowest BCUT2D eigenvalue weighted by Gasteiger charge is -2.19. The molecule has 0 aliphatic rings. The van der Waals surface area contributed by atoms with Crippen LogP contribution < -0.4 is 10.6 Å². The molecule has 23 heavy (non-hydrogen) atoms. The van der Waals surface area contributed by atoms with Crippen molar-refractivity contribution >= 4 is 23.9 Å². The van der Waals surface area contributed by atoms with Gasteiger partial charge in [-0.25, -0.2) is 9.18 Å². The molecule has 2 amide bonds. The van der Waals surface area contributed by atoms with E-state index < -0.39 is 29.6 Å². The molecule has 1 aromatic carbocycles. The van der Waals surface area contributed by atoms with Crippen molar-refractivity contribution in [1.29, 1.82) is 0 Å². The molecular weight excluding hydrogens is 303 g/mol. The lowest BCUT2D eigenvalue weighted by Crippen LogP contribution is -2.46. The molecule has 3 N–H and O–H groups in total. The molecule has 0 aromatic heterocycles. The minimum absolute atomic E-state index is 0.115. The zero-order chi connectivity index (χ0) is 17.6. The minimum Gasteiger partial charge on any atom is -0.480 e. The van der Waals surface area contributed by atoms with Crippen molar-refractivity contribution in [2.45, 2.75) is 26.8 Å². The molecule has 6 nitrogen and oxygen atoms in total. The smallest absolute Gasteiger partial charge is 0.326 e. The van der Waals surface area contributed by atoms with Gasteiger partial charge in [0.1, 0.15) is 17.6 Å². The number of halogens is 1. The van der Waals surface area contributed by atoms with Gasteiger partial charge in [-0.05, 0) is 29.7 Å². The number of carboxylic acids is 1. The van der Waals surface area contributed by atoms with Gasteiger partial charge < -0.3 is 15.7 Å². The van der Waals surface area contributed by atoms with E-state index in [1.54, 1.807) is 13.8 Å². The first-order chi connectivity index (χ1) is 10.7. The van der Waals surface area contributed by atoms with Gasteiger partial charge in [-0.15, -0.1) is 0 Å². The van der Waals surface area contributed by atoms with Crippen molar-refractivity contribution in [2.24, 2.45) is 5.92 Å². The maximum Gasteiger partial charge on any atom is 0.326 e. The fourth-order valence-electron chi connectivity index (χ4n) is 1.81. The number of hydrogen-bond donors (Lipinski definition) is 3. The van der Waals surface area contributed by atoms with Crippen molar-refractivity contribution < 1.29 is 23.9 Å². The van der Waals surface area contributed by atoms with Crippen LogP contribution >= 0.6 is 0 Å². The summed E-state index contributed by atoms with van der Waals surface area (Å²) in [6.07, 6.45) is 1.34. The standard InChI is InChI=1S/C16H19FN2O4/c1-9(2)14(16(22)23)19-15(21)13(18-10(3)20)8-11-4-6-12(17)7-5-11/h4-9,14H,1-3H3,(H,18,20)(H,19,21)(H,22,23)/b13-8-/t14-/m0/s1. The zero-order valence-electron chi connectivity index (χ0n) is 13.1. The largest absolute Gasteiger partial charge is 0.480 e. The Morgan fingerprint density at radius 1 is 1.17 bits per heavy atom. The van der Waals surface area contributed by atoms with Gasteiger partial charge in [0.2, 0.25) is 5.91 Å². The molecule has 0 saturated heterocycles. The molecule has 1 aromatic rings. The zero-order valence-corrected chi connectivity index (χ0v) is 13.1. The number of nitrogens with one attached hydrogen (secondary N) is 2. The average Bonchev–Trinajstić information content (AvgIpc) is 2.44. The maximum atomic E-state index is 12.9. The Kier molecular flexibility index (Phi) is 6.44. The van der Waals surface area contributed by atoms with E-state index in [-0.39, 0.29) is 11.6 Å². The Hall–Kier alpha value is -2.70. The average molecular weight is 322 g/mol. The van der Waals surface area contributed by atoms with E-state index in [4.69, 9.17) is 5.11 Å². The van der Waals surface area contributed by atoms with Crippen LogP contribution in [0.4, 0.5) is 4.39 Å². The van der Waals surface area contributed by atoms with Crippen molar-refractivity contribution in [1.82, 2.24) is 10.6 Å². The number of carbonyl (C=O) groups is 3. The Balaban J connectivity index is 3.05. The number of carboxylic acid groups (broad SMARTS) is 1. The Morgan fingerprint density at radius 3 is 2.17 bits per heavy atom. The summed E-state index contributed by atoms with van der Waals surface area (Å²) in [5.74, 6) is -3.15. The first-order valence-electron chi connectivity index (χ1n) is 6.99. The first kappa shape index (κ1) is 18.3. The minimum atomic E-state index is -1.17. The van der Waals surface area contributed by atoms with Crippen LogP contribution in [0, 0.1) is 11.7 Å². The third-order valence-corrected chi connectivity index (χ3v) is 2.96. The number of carbonyl (C=O) groups excluding carboxylic acids is 2. The summed E-state index contributed by atoms with van der Waals surface area (Å²) in [7, 11) is 0. The van der Waals surface area contributed by atoms with Crippen LogP contribution in [-0.4, -0.2) is 28.9 Å². The second-order valence-corrected chi connectivity index (χ2v) is 5.32. The SMILES string of the molecule is CC(=O)N/C(=C\c1ccc(F)cc1)C(=O)N[C@H](C(=O)O)C(C)C. The number of rotatable bonds is 6. The summed E-state index contributed by atoms with van der Waals surface area (Å²) in [6.45, 7) is 4.53. The Labute approximate surface area is 133 Å². The molecule has 0 fully saturated rings. The molecular formula is C16H19FN2O4. The first-order valence-corrected chi connectivity index (χ1v) is 6.99. The van der Waals surface area contributed by atoms with Crippen LogP contribution in [0.25, 0.3) is 6.08 Å². The predicted molar refractivity (Wildman–Crippen MR) is 82.6 cm³/mol. The van der Waals surface area contributed by atoms with E-state index in [1.165, 1.54) is 37.3 Å². The summed E-state index contributed by atoms with van der Waals surface area (Å²) in [5, 5.41) is 13.8. The summed E-state index contributed by atoms with van der Waals surface area (Å²) < 4.78 is 12.9. The van der Waals surface area contributed by atoms with Crippen LogP contribution in [0.3, 0.4) is 0 Å². The maximum absolute atomic E-state index is 12.9. The molecule has 0 aliphatic heterocycles. The van der Waals surface area contributed by atoms with Gasteiger partial charge >= 0.3 is 5.97 Å². The van der Waals surface area contributed by atoms with Crippen LogP contribution in [0.5, 0.6) is 0 Å². The molecule has 7 heteroatoms. The van der Waals surface area contributed by atoms with Crippen LogP contribution in [0.15, 0.2) is 30.0 Å². The summed E-state index contributed by atoms with van der Waals surface area (Å²) >= 11 is 0. The molecule has 0 spiro atoms. The summed E-state index contributed by atoms with van der Waals surface area (Å²) in [4.78, 5) is 34.6. The highest BCUT2D eigenvalue weighted by molar-refractivity contribution is 6.02. The van der Waals surface area contributed by atoms with Crippen molar-refractivity contribution in [3.63, 3.8) is 0 Å². The Morgan fingerprint density at radius 2 is 1.74 bits per heavy atom. The van der Waals surface area contributed by atoms with Gasteiger partial charge in [-0.3, -0.25) is 9.59 Å². The van der Waals surface area contributed by atoms with Gasteiger partial charge in [0, 0.05) is 6.92 Å². The van der Waals surface area contributed by atoms with Crippen molar-refractivity contribution in [2.75, 3.05) is 0 Å². The van der Waals surface area contributed by atoms with Crippen molar-refractivity contribution in [3.05, 3.63) is 41.3 Å². The van der Waals surface area contributed by atoms with Crippen LogP contribution in [0.2, 0.25) is 0 Å². The van der Waals surface area contributed by atoms with Gasteiger partial charge in [0.25, 0.3) is 5.91 Å². The van der Waals surface area contributed by atoms with E-state index in [0.29, 0.717) is 5.56 Å². The van der Waals surface area contributed by atoms with E-state index in [1.807, 2.05) is 0 Å². The fraction of sp³-hybridized carbons (Fsp3) is 0.312. The normalized spacial score (nSPS) is 12.7.